The Labute approximate surface area is 137 Å². The smallest absolute Gasteiger partial charge is 0.339 e. The predicted octanol–water partition coefficient (Wildman–Crippen LogP) is 2.01. The Morgan fingerprint density at radius 2 is 2.13 bits per heavy atom. The first-order chi connectivity index (χ1) is 10.8. The van der Waals surface area contributed by atoms with Crippen LogP contribution in [0.1, 0.15) is 34.8 Å². The summed E-state index contributed by atoms with van der Waals surface area (Å²) in [5.74, 6) is -0.961. The van der Waals surface area contributed by atoms with E-state index in [2.05, 4.69) is 9.82 Å². The molecule has 0 bridgehead atoms. The molecule has 0 amide bonds. The van der Waals surface area contributed by atoms with E-state index in [-0.39, 0.29) is 16.4 Å². The second-order valence-corrected chi connectivity index (χ2v) is 7.55. The zero-order chi connectivity index (χ0) is 16.8. The van der Waals surface area contributed by atoms with Crippen LogP contribution in [0.2, 0.25) is 5.02 Å². The normalized spacial score (nSPS) is 14.9. The van der Waals surface area contributed by atoms with Gasteiger partial charge in [-0.2, -0.15) is 5.10 Å². The number of carboxylic acid groups (broad SMARTS) is 1. The summed E-state index contributed by atoms with van der Waals surface area (Å²) in [7, 11) is -2.32. The molecule has 0 unspecified atom stereocenters. The van der Waals surface area contributed by atoms with Gasteiger partial charge in [-0.3, -0.25) is 0 Å². The van der Waals surface area contributed by atoms with Gasteiger partial charge in [0.25, 0.3) is 0 Å². The topological polar surface area (TPSA) is 101 Å². The highest BCUT2D eigenvalue weighted by Gasteiger charge is 2.33. The van der Waals surface area contributed by atoms with Crippen LogP contribution < -0.4 is 4.72 Å². The molecule has 1 aliphatic rings. The second kappa shape index (κ2) is 5.63. The average Bonchev–Trinajstić information content (AvgIpc) is 3.25. The van der Waals surface area contributed by atoms with Crippen molar-refractivity contribution in [1.82, 2.24) is 14.5 Å². The van der Waals surface area contributed by atoms with Crippen molar-refractivity contribution in [1.29, 1.82) is 0 Å². The Morgan fingerprint density at radius 1 is 1.43 bits per heavy atom. The molecular formula is C14H14ClN3O4S. The Balaban J connectivity index is 2.20. The third-order valence-corrected chi connectivity index (χ3v) is 5.46. The van der Waals surface area contributed by atoms with Crippen LogP contribution in [0, 0.1) is 0 Å². The molecule has 0 spiro atoms. The van der Waals surface area contributed by atoms with Gasteiger partial charge in [-0.15, -0.1) is 0 Å². The Morgan fingerprint density at radius 3 is 2.70 bits per heavy atom. The zero-order valence-electron chi connectivity index (χ0n) is 12.2. The van der Waals surface area contributed by atoms with E-state index in [0.29, 0.717) is 16.4 Å². The van der Waals surface area contributed by atoms with Gasteiger partial charge in [-0.05, 0) is 38.1 Å². The number of halogens is 1. The summed E-state index contributed by atoms with van der Waals surface area (Å²) < 4.78 is 27.6. The van der Waals surface area contributed by atoms with E-state index in [1.807, 2.05) is 0 Å². The highest BCUT2D eigenvalue weighted by Crippen LogP contribution is 2.43. The van der Waals surface area contributed by atoms with Crippen LogP contribution in [-0.4, -0.2) is 36.3 Å². The molecule has 2 N–H and O–H groups in total. The van der Waals surface area contributed by atoms with E-state index in [1.54, 1.807) is 0 Å². The van der Waals surface area contributed by atoms with E-state index in [9.17, 15) is 18.3 Å². The van der Waals surface area contributed by atoms with Crippen LogP contribution in [0.4, 0.5) is 0 Å². The first-order valence-corrected chi connectivity index (χ1v) is 8.76. The lowest BCUT2D eigenvalue weighted by Gasteiger charge is -2.11. The fourth-order valence-corrected chi connectivity index (χ4v) is 3.35. The molecule has 1 aliphatic carbocycles. The Bertz CT molecular complexity index is 887. The molecule has 122 valence electrons. The van der Waals surface area contributed by atoms with Crippen LogP contribution >= 0.6 is 11.6 Å². The van der Waals surface area contributed by atoms with Gasteiger partial charge >= 0.3 is 5.97 Å². The lowest BCUT2D eigenvalue weighted by Crippen LogP contribution is -2.19. The molecule has 9 heteroatoms. The molecule has 0 aliphatic heterocycles. The van der Waals surface area contributed by atoms with Gasteiger partial charge in [-0.25, -0.2) is 22.6 Å². The van der Waals surface area contributed by atoms with Crippen LogP contribution in [-0.2, 0) is 10.0 Å². The summed E-state index contributed by atoms with van der Waals surface area (Å²) in [6, 6.07) is 4.23. The van der Waals surface area contributed by atoms with Gasteiger partial charge < -0.3 is 5.11 Å². The summed E-state index contributed by atoms with van der Waals surface area (Å²) >= 11 is 6.19. The van der Waals surface area contributed by atoms with Gasteiger partial charge in [-0.1, -0.05) is 11.6 Å². The SMILES string of the molecule is CNS(=O)(=O)c1ccc(Cl)c(-n2ncc(C(=O)O)c2C2CC2)c1. The maximum atomic E-state index is 12.0. The van der Waals surface area contributed by atoms with Crippen molar-refractivity contribution >= 4 is 27.6 Å². The van der Waals surface area contributed by atoms with Gasteiger partial charge in [0.15, 0.2) is 0 Å². The average molecular weight is 356 g/mol. The van der Waals surface area contributed by atoms with E-state index in [4.69, 9.17) is 11.6 Å². The molecule has 1 aromatic carbocycles. The van der Waals surface area contributed by atoms with Crippen LogP contribution in [0.3, 0.4) is 0 Å². The number of benzene rings is 1. The minimum atomic E-state index is -3.64. The molecule has 3 rings (SSSR count). The summed E-state index contributed by atoms with van der Waals surface area (Å²) in [6.07, 6.45) is 3.02. The quantitative estimate of drug-likeness (QED) is 0.854. The van der Waals surface area contributed by atoms with E-state index >= 15 is 0 Å². The molecule has 0 atom stereocenters. The Kier molecular flexibility index (Phi) is 3.91. The molecule has 0 saturated heterocycles. The number of aromatic carboxylic acids is 1. The molecule has 23 heavy (non-hydrogen) atoms. The minimum absolute atomic E-state index is 0.0357. The maximum absolute atomic E-state index is 12.0. The van der Waals surface area contributed by atoms with Crippen molar-refractivity contribution in [3.05, 3.63) is 40.7 Å². The minimum Gasteiger partial charge on any atom is -0.478 e. The summed E-state index contributed by atoms with van der Waals surface area (Å²) in [6.45, 7) is 0. The third-order valence-electron chi connectivity index (χ3n) is 3.73. The monoisotopic (exact) mass is 355 g/mol. The van der Waals surface area contributed by atoms with Crippen molar-refractivity contribution in [3.8, 4) is 5.69 Å². The summed E-state index contributed by atoms with van der Waals surface area (Å²) in [5.41, 5.74) is 1.02. The summed E-state index contributed by atoms with van der Waals surface area (Å²) in [5, 5.41) is 13.7. The maximum Gasteiger partial charge on any atom is 0.339 e. The number of rotatable bonds is 5. The Hall–Kier alpha value is -1.90. The van der Waals surface area contributed by atoms with Gasteiger partial charge in [0.1, 0.15) is 5.56 Å². The van der Waals surface area contributed by atoms with E-state index in [0.717, 1.165) is 12.8 Å². The number of hydrogen-bond acceptors (Lipinski definition) is 4. The second-order valence-electron chi connectivity index (χ2n) is 5.26. The lowest BCUT2D eigenvalue weighted by atomic mass is 10.1. The number of carbonyl (C=O) groups is 1. The van der Waals surface area contributed by atoms with Gasteiger partial charge in [0, 0.05) is 5.92 Å². The van der Waals surface area contributed by atoms with Crippen LogP contribution in [0.25, 0.3) is 5.69 Å². The molecule has 1 aromatic heterocycles. The molecular weight excluding hydrogens is 342 g/mol. The van der Waals surface area contributed by atoms with Crippen LogP contribution in [0.5, 0.6) is 0 Å². The van der Waals surface area contributed by atoms with Crippen molar-refractivity contribution in [2.75, 3.05) is 7.05 Å². The zero-order valence-corrected chi connectivity index (χ0v) is 13.7. The fraction of sp³-hybridized carbons (Fsp3) is 0.286. The van der Waals surface area contributed by atoms with E-state index in [1.165, 1.54) is 36.1 Å². The molecule has 1 saturated carbocycles. The fourth-order valence-electron chi connectivity index (χ4n) is 2.40. The van der Waals surface area contributed by atoms with Crippen molar-refractivity contribution in [2.24, 2.45) is 0 Å². The van der Waals surface area contributed by atoms with Crippen molar-refractivity contribution < 1.29 is 18.3 Å². The van der Waals surface area contributed by atoms with Gasteiger partial charge in [0.2, 0.25) is 10.0 Å². The first-order valence-electron chi connectivity index (χ1n) is 6.90. The van der Waals surface area contributed by atoms with E-state index < -0.39 is 16.0 Å². The number of hydrogen-bond donors (Lipinski definition) is 2. The van der Waals surface area contributed by atoms with Gasteiger partial charge in [0.05, 0.1) is 27.5 Å². The van der Waals surface area contributed by atoms with Crippen LogP contribution in [0.15, 0.2) is 29.3 Å². The number of aromatic nitrogens is 2. The molecule has 1 fully saturated rings. The third kappa shape index (κ3) is 2.85. The molecule has 0 radical (unpaired) electrons. The first kappa shape index (κ1) is 16.0. The number of carboxylic acids is 1. The largest absolute Gasteiger partial charge is 0.478 e. The number of sulfonamides is 1. The molecule has 1 heterocycles. The molecule has 7 nitrogen and oxygen atoms in total. The van der Waals surface area contributed by atoms with Crippen molar-refractivity contribution in [2.45, 2.75) is 23.7 Å². The number of nitrogens with one attached hydrogen (secondary N) is 1. The highest BCUT2D eigenvalue weighted by molar-refractivity contribution is 7.89. The highest BCUT2D eigenvalue weighted by atomic mass is 35.5. The molecule has 2 aromatic rings. The summed E-state index contributed by atoms with van der Waals surface area (Å²) in [4.78, 5) is 11.4. The predicted molar refractivity (Wildman–Crippen MR) is 83.8 cm³/mol. The van der Waals surface area contributed by atoms with Crippen molar-refractivity contribution in [3.63, 3.8) is 0 Å². The standard InChI is InChI=1S/C14H14ClN3O4S/c1-16-23(21,22)9-4-5-11(15)12(6-9)18-13(8-2-3-8)10(7-17-18)14(19)20/h4-8,16H,2-3H2,1H3,(H,19,20). The lowest BCUT2D eigenvalue weighted by molar-refractivity contribution is 0.0695. The number of nitrogens with zero attached hydrogens (tertiary/aromatic N) is 2.